The zero-order valence-corrected chi connectivity index (χ0v) is 30.7. The molecule has 9 aromatic carbocycles. The van der Waals surface area contributed by atoms with Crippen molar-refractivity contribution in [2.24, 2.45) is 0 Å². The van der Waals surface area contributed by atoms with Gasteiger partial charge in [0.25, 0.3) is 0 Å². The normalized spacial score (nSPS) is 11.6. The molecule has 0 radical (unpaired) electrons. The van der Waals surface area contributed by atoms with Gasteiger partial charge in [0.2, 0.25) is 0 Å². The number of para-hydroxylation sites is 3. The second kappa shape index (κ2) is 13.2. The molecule has 0 aliphatic heterocycles. The lowest BCUT2D eigenvalue weighted by Gasteiger charge is -2.10. The van der Waals surface area contributed by atoms with Crippen molar-refractivity contribution in [3.8, 4) is 55.9 Å². The Morgan fingerprint density at radius 3 is 1.09 bits per heavy atom. The maximum atomic E-state index is 2.42. The molecule has 0 atom stereocenters. The van der Waals surface area contributed by atoms with Crippen LogP contribution in [-0.2, 0) is 0 Å². The molecule has 0 aliphatic carbocycles. The summed E-state index contributed by atoms with van der Waals surface area (Å²) in [5, 5.41) is 5.00. The molecular weight excluding hydrogens is 677 g/mol. The molecule has 56 heavy (non-hydrogen) atoms. The maximum absolute atomic E-state index is 2.42. The Bertz CT molecular complexity index is 3190. The van der Waals surface area contributed by atoms with Crippen LogP contribution in [0.2, 0.25) is 0 Å². The topological polar surface area (TPSA) is 9.86 Å². The average Bonchev–Trinajstić information content (AvgIpc) is 3.79. The number of benzene rings is 9. The van der Waals surface area contributed by atoms with Crippen molar-refractivity contribution in [2.45, 2.75) is 0 Å². The molecule has 2 heterocycles. The minimum absolute atomic E-state index is 1.15. The molecule has 0 saturated heterocycles. The fourth-order valence-electron chi connectivity index (χ4n) is 8.58. The van der Waals surface area contributed by atoms with Crippen LogP contribution < -0.4 is 0 Å². The smallest absolute Gasteiger partial charge is 0.0547 e. The molecule has 0 saturated carbocycles. The molecule has 2 heteroatoms. The van der Waals surface area contributed by atoms with Gasteiger partial charge in [-0.25, -0.2) is 0 Å². The number of hydrogen-bond donors (Lipinski definition) is 0. The number of nitrogens with zero attached hydrogens (tertiary/aromatic N) is 2. The van der Waals surface area contributed by atoms with Crippen LogP contribution in [0.25, 0.3) is 99.5 Å². The molecule has 0 fully saturated rings. The quantitative estimate of drug-likeness (QED) is 0.162. The van der Waals surface area contributed by atoms with E-state index in [1.807, 2.05) is 0 Å². The Labute approximate surface area is 325 Å². The SMILES string of the molecule is c1ccc(-c2ccc(-c3ccc(-c4ccc5c(c4)c4ccc(-c6ccc7c(c6)c6ccccc6n7-c6ccccc6)cc4n5-c4ccccc4)cc3)cc2)cc1. The van der Waals surface area contributed by atoms with Crippen LogP contribution in [0, 0.1) is 0 Å². The number of aromatic nitrogens is 2. The standard InChI is InChI=1S/C54H36N2/c1-4-12-37(13-5-1)38-20-22-39(23-21-38)40-24-26-41(27-25-40)42-29-32-53-50(34-42)48-31-28-44(36-54(48)56(53)46-16-8-3-9-17-46)43-30-33-52-49(35-43)47-18-10-11-19-51(47)55(52)45-14-6-2-7-15-45/h1-36H. The Hall–Kier alpha value is -7.42. The van der Waals surface area contributed by atoms with Gasteiger partial charge < -0.3 is 9.13 Å². The third kappa shape index (κ3) is 5.34. The van der Waals surface area contributed by atoms with Gasteiger partial charge in [0, 0.05) is 32.9 Å². The fraction of sp³-hybridized carbons (Fsp3) is 0. The monoisotopic (exact) mass is 712 g/mol. The van der Waals surface area contributed by atoms with Gasteiger partial charge in [-0.15, -0.1) is 0 Å². The fourth-order valence-corrected chi connectivity index (χ4v) is 8.58. The Kier molecular flexibility index (Phi) is 7.53. The highest BCUT2D eigenvalue weighted by Gasteiger charge is 2.17. The van der Waals surface area contributed by atoms with Gasteiger partial charge in [-0.1, -0.05) is 158 Å². The molecule has 2 nitrogen and oxygen atoms in total. The first kappa shape index (κ1) is 32.0. The van der Waals surface area contributed by atoms with Crippen molar-refractivity contribution in [1.29, 1.82) is 0 Å². The van der Waals surface area contributed by atoms with Crippen molar-refractivity contribution in [3.05, 3.63) is 218 Å². The molecule has 0 unspecified atom stereocenters. The maximum Gasteiger partial charge on any atom is 0.0547 e. The number of hydrogen-bond acceptors (Lipinski definition) is 0. The molecule has 262 valence electrons. The number of fused-ring (bicyclic) bond motifs is 6. The highest BCUT2D eigenvalue weighted by Crippen LogP contribution is 2.39. The lowest BCUT2D eigenvalue weighted by atomic mass is 9.97. The zero-order chi connectivity index (χ0) is 37.0. The lowest BCUT2D eigenvalue weighted by Crippen LogP contribution is -1.93. The predicted molar refractivity (Wildman–Crippen MR) is 237 cm³/mol. The number of rotatable bonds is 6. The first-order valence-electron chi connectivity index (χ1n) is 19.3. The van der Waals surface area contributed by atoms with E-state index in [0.29, 0.717) is 0 Å². The van der Waals surface area contributed by atoms with Crippen LogP contribution in [0.5, 0.6) is 0 Å². The van der Waals surface area contributed by atoms with E-state index in [1.54, 1.807) is 0 Å². The summed E-state index contributed by atoms with van der Waals surface area (Å²) in [5.74, 6) is 0. The second-order valence-electron chi connectivity index (χ2n) is 14.6. The summed E-state index contributed by atoms with van der Waals surface area (Å²) < 4.78 is 4.79. The Morgan fingerprint density at radius 1 is 0.196 bits per heavy atom. The van der Waals surface area contributed by atoms with Gasteiger partial charge in [0.15, 0.2) is 0 Å². The summed E-state index contributed by atoms with van der Waals surface area (Å²) >= 11 is 0. The van der Waals surface area contributed by atoms with Gasteiger partial charge in [-0.05, 0) is 105 Å². The van der Waals surface area contributed by atoms with E-state index in [-0.39, 0.29) is 0 Å². The van der Waals surface area contributed by atoms with Crippen molar-refractivity contribution < 1.29 is 0 Å². The largest absolute Gasteiger partial charge is 0.309 e. The van der Waals surface area contributed by atoms with E-state index in [0.717, 1.165) is 5.69 Å². The Balaban J connectivity index is 1.000. The molecular formula is C54H36N2. The summed E-state index contributed by atoms with van der Waals surface area (Å²) in [6.45, 7) is 0. The first-order valence-corrected chi connectivity index (χ1v) is 19.3. The van der Waals surface area contributed by atoms with Gasteiger partial charge in [-0.3, -0.25) is 0 Å². The summed E-state index contributed by atoms with van der Waals surface area (Å²) in [4.78, 5) is 0. The van der Waals surface area contributed by atoms with E-state index in [9.17, 15) is 0 Å². The van der Waals surface area contributed by atoms with Crippen LogP contribution in [0.3, 0.4) is 0 Å². The summed E-state index contributed by atoms with van der Waals surface area (Å²) in [5.41, 5.74) is 16.9. The van der Waals surface area contributed by atoms with Crippen LogP contribution in [-0.4, -0.2) is 9.13 Å². The zero-order valence-electron chi connectivity index (χ0n) is 30.7. The van der Waals surface area contributed by atoms with E-state index in [2.05, 4.69) is 228 Å². The van der Waals surface area contributed by atoms with E-state index in [4.69, 9.17) is 0 Å². The van der Waals surface area contributed by atoms with Crippen LogP contribution in [0.1, 0.15) is 0 Å². The van der Waals surface area contributed by atoms with Crippen LogP contribution in [0.15, 0.2) is 218 Å². The van der Waals surface area contributed by atoms with E-state index < -0.39 is 0 Å². The molecule has 0 spiro atoms. The van der Waals surface area contributed by atoms with Crippen molar-refractivity contribution in [3.63, 3.8) is 0 Å². The summed E-state index contributed by atoms with van der Waals surface area (Å²) in [6.07, 6.45) is 0. The second-order valence-corrected chi connectivity index (χ2v) is 14.6. The van der Waals surface area contributed by atoms with Crippen LogP contribution >= 0.6 is 0 Å². The van der Waals surface area contributed by atoms with Gasteiger partial charge >= 0.3 is 0 Å². The van der Waals surface area contributed by atoms with Crippen molar-refractivity contribution in [2.75, 3.05) is 0 Å². The third-order valence-corrected chi connectivity index (χ3v) is 11.3. The van der Waals surface area contributed by atoms with Gasteiger partial charge in [0.05, 0.1) is 22.1 Å². The molecule has 2 aromatic heterocycles. The minimum atomic E-state index is 1.15. The summed E-state index contributed by atoms with van der Waals surface area (Å²) in [7, 11) is 0. The van der Waals surface area contributed by atoms with Gasteiger partial charge in [0.1, 0.15) is 0 Å². The van der Waals surface area contributed by atoms with Crippen LogP contribution in [0.4, 0.5) is 0 Å². The Morgan fingerprint density at radius 2 is 0.536 bits per heavy atom. The molecule has 0 aliphatic rings. The highest BCUT2D eigenvalue weighted by molar-refractivity contribution is 6.13. The third-order valence-electron chi connectivity index (χ3n) is 11.3. The van der Waals surface area contributed by atoms with Gasteiger partial charge in [-0.2, -0.15) is 0 Å². The molecule has 0 N–H and O–H groups in total. The molecule has 0 bridgehead atoms. The minimum Gasteiger partial charge on any atom is -0.309 e. The predicted octanol–water partition coefficient (Wildman–Crippen LogP) is 14.5. The molecule has 0 amide bonds. The van der Waals surface area contributed by atoms with E-state index >= 15 is 0 Å². The lowest BCUT2D eigenvalue weighted by molar-refractivity contribution is 1.18. The van der Waals surface area contributed by atoms with Crippen molar-refractivity contribution >= 4 is 43.6 Å². The summed E-state index contributed by atoms with van der Waals surface area (Å²) in [6, 6.07) is 79.4. The first-order chi connectivity index (χ1) is 27.8. The van der Waals surface area contributed by atoms with E-state index in [1.165, 1.54) is 93.8 Å². The molecule has 11 rings (SSSR count). The average molecular weight is 713 g/mol. The highest BCUT2D eigenvalue weighted by atomic mass is 15.0. The molecule has 11 aromatic rings. The van der Waals surface area contributed by atoms with Crippen molar-refractivity contribution in [1.82, 2.24) is 9.13 Å².